The highest BCUT2D eigenvalue weighted by Crippen LogP contribution is 2.43. The Morgan fingerprint density at radius 3 is 1.20 bits per heavy atom. The van der Waals surface area contributed by atoms with Gasteiger partial charge in [-0.2, -0.15) is 0 Å². The van der Waals surface area contributed by atoms with E-state index in [0.717, 1.165) is 83.2 Å². The van der Waals surface area contributed by atoms with Gasteiger partial charge < -0.3 is 13.7 Å². The average molecular weight is 836 g/mol. The summed E-state index contributed by atoms with van der Waals surface area (Å²) in [6.45, 7) is 0. The van der Waals surface area contributed by atoms with Crippen LogP contribution in [0.2, 0.25) is 0 Å². The van der Waals surface area contributed by atoms with Gasteiger partial charge in [-0.15, -0.1) is 11.3 Å². The first-order chi connectivity index (χ1) is 31.7. The van der Waals surface area contributed by atoms with Crippen molar-refractivity contribution < 1.29 is 8.83 Å². The maximum atomic E-state index is 6.25. The van der Waals surface area contributed by atoms with E-state index in [0.29, 0.717) is 0 Å². The normalized spacial score (nSPS) is 11.8. The molecule has 0 N–H and O–H groups in total. The first kappa shape index (κ1) is 36.5. The van der Waals surface area contributed by atoms with Gasteiger partial charge in [0.2, 0.25) is 0 Å². The lowest BCUT2D eigenvalue weighted by atomic mass is 9.98. The van der Waals surface area contributed by atoms with Gasteiger partial charge in [0.1, 0.15) is 22.3 Å². The van der Waals surface area contributed by atoms with Crippen molar-refractivity contribution in [2.75, 3.05) is 4.90 Å². The number of rotatable bonds is 7. The molecule has 0 saturated carbocycles. The van der Waals surface area contributed by atoms with E-state index in [1.54, 1.807) is 0 Å². The monoisotopic (exact) mass is 835 g/mol. The molecule has 300 valence electrons. The molecular formula is C60H37NO2S. The van der Waals surface area contributed by atoms with Gasteiger partial charge in [0.15, 0.2) is 0 Å². The van der Waals surface area contributed by atoms with Crippen LogP contribution in [-0.2, 0) is 0 Å². The Morgan fingerprint density at radius 2 is 0.672 bits per heavy atom. The largest absolute Gasteiger partial charge is 0.456 e. The van der Waals surface area contributed by atoms with E-state index in [9.17, 15) is 0 Å². The summed E-state index contributed by atoms with van der Waals surface area (Å²) in [6.07, 6.45) is 0. The molecule has 0 bridgehead atoms. The van der Waals surface area contributed by atoms with Crippen LogP contribution in [0.15, 0.2) is 233 Å². The zero-order valence-corrected chi connectivity index (χ0v) is 35.4. The molecule has 0 aliphatic heterocycles. The van der Waals surface area contributed by atoms with Crippen LogP contribution in [0.25, 0.3) is 109 Å². The highest BCUT2D eigenvalue weighted by molar-refractivity contribution is 7.25. The Balaban J connectivity index is 0.859. The Morgan fingerprint density at radius 1 is 0.281 bits per heavy atom. The second-order valence-electron chi connectivity index (χ2n) is 16.4. The first-order valence-corrected chi connectivity index (χ1v) is 22.5. The number of hydrogen-bond acceptors (Lipinski definition) is 4. The molecule has 13 aromatic rings. The Labute approximate surface area is 373 Å². The molecule has 0 amide bonds. The van der Waals surface area contributed by atoms with Crippen LogP contribution in [0.3, 0.4) is 0 Å². The van der Waals surface area contributed by atoms with Crippen LogP contribution in [0.1, 0.15) is 0 Å². The highest BCUT2D eigenvalue weighted by Gasteiger charge is 2.18. The van der Waals surface area contributed by atoms with E-state index in [-0.39, 0.29) is 0 Å². The zero-order valence-electron chi connectivity index (χ0n) is 34.5. The van der Waals surface area contributed by atoms with Gasteiger partial charge in [0, 0.05) is 58.8 Å². The third-order valence-electron chi connectivity index (χ3n) is 12.7. The van der Waals surface area contributed by atoms with Gasteiger partial charge >= 0.3 is 0 Å². The van der Waals surface area contributed by atoms with Crippen molar-refractivity contribution in [3.05, 3.63) is 224 Å². The van der Waals surface area contributed by atoms with E-state index >= 15 is 0 Å². The minimum Gasteiger partial charge on any atom is -0.456 e. The van der Waals surface area contributed by atoms with Crippen molar-refractivity contribution >= 4 is 92.4 Å². The molecule has 0 atom stereocenters. The molecule has 3 nitrogen and oxygen atoms in total. The van der Waals surface area contributed by atoms with Gasteiger partial charge in [-0.25, -0.2) is 0 Å². The lowest BCUT2D eigenvalue weighted by Gasteiger charge is -2.26. The van der Waals surface area contributed by atoms with Crippen LogP contribution < -0.4 is 4.90 Å². The average Bonchev–Trinajstić information content (AvgIpc) is 4.06. The fourth-order valence-electron chi connectivity index (χ4n) is 9.62. The van der Waals surface area contributed by atoms with Gasteiger partial charge in [-0.1, -0.05) is 152 Å². The van der Waals surface area contributed by atoms with Crippen LogP contribution in [0.5, 0.6) is 0 Å². The van der Waals surface area contributed by atoms with Crippen molar-refractivity contribution in [2.24, 2.45) is 0 Å². The highest BCUT2D eigenvalue weighted by atomic mass is 32.1. The second kappa shape index (κ2) is 14.7. The lowest BCUT2D eigenvalue weighted by molar-refractivity contribution is 0.668. The molecule has 0 radical (unpaired) electrons. The number of furan rings is 2. The summed E-state index contributed by atoms with van der Waals surface area (Å²) < 4.78 is 15.2. The molecule has 13 rings (SSSR count). The molecule has 0 aliphatic rings. The van der Waals surface area contributed by atoms with Gasteiger partial charge in [0.05, 0.1) is 0 Å². The summed E-state index contributed by atoms with van der Waals surface area (Å²) in [6, 6.07) is 80.5. The number of anilines is 3. The fourth-order valence-corrected chi connectivity index (χ4v) is 10.8. The fraction of sp³-hybridized carbons (Fsp3) is 0. The Bertz CT molecular complexity index is 3720. The molecule has 0 fully saturated rings. The van der Waals surface area contributed by atoms with Crippen molar-refractivity contribution in [1.82, 2.24) is 0 Å². The number of fused-ring (bicyclic) bond motifs is 9. The molecule has 0 unspecified atom stereocenters. The quantitative estimate of drug-likeness (QED) is 0.160. The first-order valence-electron chi connectivity index (χ1n) is 21.6. The maximum Gasteiger partial charge on any atom is 0.136 e. The molecular weight excluding hydrogens is 799 g/mol. The Kier molecular flexibility index (Phi) is 8.40. The maximum absolute atomic E-state index is 6.25. The third kappa shape index (κ3) is 6.03. The minimum absolute atomic E-state index is 0.895. The van der Waals surface area contributed by atoms with Crippen molar-refractivity contribution in [3.8, 4) is 44.5 Å². The van der Waals surface area contributed by atoms with Gasteiger partial charge in [0.25, 0.3) is 0 Å². The zero-order chi connectivity index (χ0) is 42.1. The van der Waals surface area contributed by atoms with Crippen LogP contribution in [-0.4, -0.2) is 0 Å². The van der Waals surface area contributed by atoms with Gasteiger partial charge in [-0.3, -0.25) is 0 Å². The smallest absolute Gasteiger partial charge is 0.136 e. The summed E-state index contributed by atoms with van der Waals surface area (Å²) in [4.78, 5) is 2.34. The number of para-hydroxylation sites is 2. The molecule has 10 aromatic carbocycles. The number of thiophene rings is 1. The van der Waals surface area contributed by atoms with E-state index < -0.39 is 0 Å². The van der Waals surface area contributed by atoms with Gasteiger partial charge in [-0.05, 0) is 117 Å². The molecule has 0 saturated heterocycles. The number of nitrogens with zero attached hydrogens (tertiary/aromatic N) is 1. The SMILES string of the molecule is c1ccc2c(c1)oc1cccc(-c3ccc(N(c4ccc(-c5ccc(-c6ccc7c(c6)sc6ccccc67)cc5)cc4)c4ccc(-c5cccc6oc7ccccc7c56)cc4)cc3)c12. The molecule has 3 heterocycles. The third-order valence-corrected chi connectivity index (χ3v) is 13.9. The van der Waals surface area contributed by atoms with E-state index in [1.165, 1.54) is 42.4 Å². The second-order valence-corrected chi connectivity index (χ2v) is 17.5. The topological polar surface area (TPSA) is 29.5 Å². The number of hydrogen-bond donors (Lipinski definition) is 0. The molecule has 0 spiro atoms. The molecule has 0 aliphatic carbocycles. The molecule has 3 aromatic heterocycles. The van der Waals surface area contributed by atoms with Crippen LogP contribution in [0, 0.1) is 0 Å². The summed E-state index contributed by atoms with van der Waals surface area (Å²) in [5.74, 6) is 0. The molecule has 64 heavy (non-hydrogen) atoms. The standard InChI is InChI=1S/C60H37NO2S/c1-4-14-53-51(10-1)59-47(12-7-16-55(59)62-53)41-25-32-45(33-26-41)61(46-34-27-42(28-35-46)48-13-8-17-56-60(48)52-11-2-5-15-54(52)63-56)44-30-23-39(24-31-44)38-19-21-40(22-20-38)43-29-36-50-49-9-3-6-18-57(49)64-58(50)37-43/h1-37H. The summed E-state index contributed by atoms with van der Waals surface area (Å²) in [5.41, 5.74) is 16.2. The summed E-state index contributed by atoms with van der Waals surface area (Å²) in [7, 11) is 0. The minimum atomic E-state index is 0.895. The van der Waals surface area contributed by atoms with Crippen molar-refractivity contribution in [2.45, 2.75) is 0 Å². The number of benzene rings is 10. The van der Waals surface area contributed by atoms with E-state index in [4.69, 9.17) is 8.83 Å². The van der Waals surface area contributed by atoms with Crippen molar-refractivity contribution in [3.63, 3.8) is 0 Å². The van der Waals surface area contributed by atoms with Crippen LogP contribution >= 0.6 is 11.3 Å². The van der Waals surface area contributed by atoms with E-state index in [1.807, 2.05) is 35.6 Å². The summed E-state index contributed by atoms with van der Waals surface area (Å²) in [5, 5.41) is 7.18. The predicted octanol–water partition coefficient (Wildman–Crippen LogP) is 18.0. The molecule has 4 heteroatoms. The summed E-state index contributed by atoms with van der Waals surface area (Å²) >= 11 is 1.86. The lowest BCUT2D eigenvalue weighted by Crippen LogP contribution is -2.09. The van der Waals surface area contributed by atoms with Crippen molar-refractivity contribution in [1.29, 1.82) is 0 Å². The predicted molar refractivity (Wildman–Crippen MR) is 270 cm³/mol. The Hall–Kier alpha value is -8.18. The van der Waals surface area contributed by atoms with E-state index in [2.05, 4.69) is 205 Å². The van der Waals surface area contributed by atoms with Crippen LogP contribution in [0.4, 0.5) is 17.1 Å².